The predicted molar refractivity (Wildman–Crippen MR) is 111 cm³/mol. The number of amides is 1. The smallest absolute Gasteiger partial charge is 0.290 e. The standard InChI is InChI=1S/C25H21NO2/c27-25(24-16-9-17-28-24)26(18-20-10-3-1-4-11-20)19-22-14-7-8-15-23(22)21-12-5-2-6-13-21/h1-17H,18-19H2. The Labute approximate surface area is 164 Å². The van der Waals surface area contributed by atoms with Gasteiger partial charge in [0.1, 0.15) is 0 Å². The summed E-state index contributed by atoms with van der Waals surface area (Å²) in [5.74, 6) is 0.241. The molecule has 4 aromatic rings. The van der Waals surface area contributed by atoms with Gasteiger partial charge >= 0.3 is 0 Å². The van der Waals surface area contributed by atoms with Crippen LogP contribution < -0.4 is 0 Å². The number of nitrogens with zero attached hydrogens (tertiary/aromatic N) is 1. The molecule has 0 fully saturated rings. The Bertz CT molecular complexity index is 1020. The van der Waals surface area contributed by atoms with Crippen molar-refractivity contribution in [1.82, 2.24) is 4.90 Å². The Balaban J connectivity index is 1.67. The van der Waals surface area contributed by atoms with Crippen LogP contribution in [0, 0.1) is 0 Å². The molecule has 0 unspecified atom stereocenters. The number of hydrogen-bond acceptors (Lipinski definition) is 2. The first-order valence-electron chi connectivity index (χ1n) is 9.31. The van der Waals surface area contributed by atoms with Crippen LogP contribution in [-0.2, 0) is 13.1 Å². The van der Waals surface area contributed by atoms with Gasteiger partial charge in [-0.3, -0.25) is 4.79 Å². The molecule has 0 aliphatic heterocycles. The van der Waals surface area contributed by atoms with Crippen LogP contribution in [0.1, 0.15) is 21.7 Å². The average molecular weight is 367 g/mol. The molecule has 4 rings (SSSR count). The van der Waals surface area contributed by atoms with Crippen LogP contribution in [0.5, 0.6) is 0 Å². The highest BCUT2D eigenvalue weighted by molar-refractivity contribution is 5.91. The van der Waals surface area contributed by atoms with Crippen LogP contribution in [0.2, 0.25) is 0 Å². The molecule has 0 N–H and O–H groups in total. The molecule has 1 aromatic heterocycles. The Morgan fingerprint density at radius 3 is 2.11 bits per heavy atom. The molecule has 0 aliphatic carbocycles. The Morgan fingerprint density at radius 2 is 1.39 bits per heavy atom. The van der Waals surface area contributed by atoms with Gasteiger partial charge in [0.05, 0.1) is 6.26 Å². The van der Waals surface area contributed by atoms with Crippen LogP contribution in [0.25, 0.3) is 11.1 Å². The highest BCUT2D eigenvalue weighted by Crippen LogP contribution is 2.25. The molecule has 0 saturated heterocycles. The maximum atomic E-state index is 13.1. The van der Waals surface area contributed by atoms with Crippen molar-refractivity contribution < 1.29 is 9.21 Å². The number of benzene rings is 3. The first-order valence-corrected chi connectivity index (χ1v) is 9.31. The third-order valence-corrected chi connectivity index (χ3v) is 4.70. The topological polar surface area (TPSA) is 33.5 Å². The van der Waals surface area contributed by atoms with Gasteiger partial charge in [-0.25, -0.2) is 0 Å². The van der Waals surface area contributed by atoms with Crippen molar-refractivity contribution in [3.8, 4) is 11.1 Å². The zero-order valence-corrected chi connectivity index (χ0v) is 15.5. The number of carbonyl (C=O) groups excluding carboxylic acids is 1. The molecule has 3 nitrogen and oxygen atoms in total. The molecular formula is C25H21NO2. The molecular weight excluding hydrogens is 346 g/mol. The van der Waals surface area contributed by atoms with E-state index in [2.05, 4.69) is 24.3 Å². The van der Waals surface area contributed by atoms with Gasteiger partial charge in [-0.2, -0.15) is 0 Å². The largest absolute Gasteiger partial charge is 0.459 e. The fraction of sp³-hybridized carbons (Fsp3) is 0.0800. The average Bonchev–Trinajstić information content (AvgIpc) is 3.29. The summed E-state index contributed by atoms with van der Waals surface area (Å²) in [6.45, 7) is 1.02. The number of rotatable bonds is 6. The van der Waals surface area contributed by atoms with Crippen molar-refractivity contribution in [2.24, 2.45) is 0 Å². The minimum absolute atomic E-state index is 0.114. The van der Waals surface area contributed by atoms with E-state index in [0.717, 1.165) is 22.3 Å². The summed E-state index contributed by atoms with van der Waals surface area (Å²) in [6.07, 6.45) is 1.53. The maximum absolute atomic E-state index is 13.1. The Hall–Kier alpha value is -3.59. The SMILES string of the molecule is O=C(c1ccco1)N(Cc1ccccc1)Cc1ccccc1-c1ccccc1. The van der Waals surface area contributed by atoms with E-state index < -0.39 is 0 Å². The molecule has 0 bridgehead atoms. The molecule has 0 saturated carbocycles. The fourth-order valence-electron chi connectivity index (χ4n) is 3.32. The van der Waals surface area contributed by atoms with Crippen molar-refractivity contribution in [3.05, 3.63) is 120 Å². The van der Waals surface area contributed by atoms with Gasteiger partial charge in [0.2, 0.25) is 0 Å². The Kier molecular flexibility index (Phi) is 5.34. The van der Waals surface area contributed by atoms with E-state index in [9.17, 15) is 4.79 Å². The molecule has 0 atom stereocenters. The van der Waals surface area contributed by atoms with E-state index in [1.165, 1.54) is 6.26 Å². The van der Waals surface area contributed by atoms with E-state index in [4.69, 9.17) is 4.42 Å². The van der Waals surface area contributed by atoms with Gasteiger partial charge in [0.25, 0.3) is 5.91 Å². The lowest BCUT2D eigenvalue weighted by molar-refractivity contribution is 0.0698. The number of carbonyl (C=O) groups is 1. The van der Waals surface area contributed by atoms with Gasteiger partial charge in [-0.1, -0.05) is 84.9 Å². The molecule has 3 aromatic carbocycles. The van der Waals surface area contributed by atoms with E-state index in [0.29, 0.717) is 18.8 Å². The quantitative estimate of drug-likeness (QED) is 0.432. The maximum Gasteiger partial charge on any atom is 0.290 e. The van der Waals surface area contributed by atoms with Crippen LogP contribution in [0.4, 0.5) is 0 Å². The Morgan fingerprint density at radius 1 is 0.714 bits per heavy atom. The number of hydrogen-bond donors (Lipinski definition) is 0. The van der Waals surface area contributed by atoms with Crippen molar-refractivity contribution >= 4 is 5.91 Å². The fourth-order valence-corrected chi connectivity index (χ4v) is 3.32. The van der Waals surface area contributed by atoms with E-state index in [1.54, 1.807) is 12.1 Å². The summed E-state index contributed by atoms with van der Waals surface area (Å²) in [7, 11) is 0. The minimum Gasteiger partial charge on any atom is -0.459 e. The molecule has 3 heteroatoms. The molecule has 28 heavy (non-hydrogen) atoms. The first kappa shape index (κ1) is 17.8. The van der Waals surface area contributed by atoms with Crippen LogP contribution in [0.15, 0.2) is 108 Å². The third-order valence-electron chi connectivity index (χ3n) is 4.70. The van der Waals surface area contributed by atoms with E-state index in [1.807, 2.05) is 65.6 Å². The monoisotopic (exact) mass is 367 g/mol. The molecule has 0 radical (unpaired) electrons. The first-order chi connectivity index (χ1) is 13.8. The van der Waals surface area contributed by atoms with E-state index >= 15 is 0 Å². The summed E-state index contributed by atoms with van der Waals surface area (Å²) in [5, 5.41) is 0. The van der Waals surface area contributed by atoms with Crippen molar-refractivity contribution in [1.29, 1.82) is 0 Å². The summed E-state index contributed by atoms with van der Waals surface area (Å²) in [5.41, 5.74) is 4.46. The van der Waals surface area contributed by atoms with Crippen molar-refractivity contribution in [3.63, 3.8) is 0 Å². The lowest BCUT2D eigenvalue weighted by atomic mass is 9.99. The molecule has 1 amide bonds. The third kappa shape index (κ3) is 4.04. The van der Waals surface area contributed by atoms with Gasteiger partial charge in [0.15, 0.2) is 5.76 Å². The van der Waals surface area contributed by atoms with E-state index in [-0.39, 0.29) is 5.91 Å². The highest BCUT2D eigenvalue weighted by Gasteiger charge is 2.20. The second kappa shape index (κ2) is 8.40. The molecule has 0 aliphatic rings. The summed E-state index contributed by atoms with van der Waals surface area (Å²) >= 11 is 0. The van der Waals surface area contributed by atoms with Crippen LogP contribution in [0.3, 0.4) is 0 Å². The molecule has 138 valence electrons. The van der Waals surface area contributed by atoms with Gasteiger partial charge in [0, 0.05) is 13.1 Å². The second-order valence-electron chi connectivity index (χ2n) is 6.65. The van der Waals surface area contributed by atoms with Crippen LogP contribution in [-0.4, -0.2) is 10.8 Å². The summed E-state index contributed by atoms with van der Waals surface area (Å²) < 4.78 is 5.38. The van der Waals surface area contributed by atoms with Crippen molar-refractivity contribution in [2.45, 2.75) is 13.1 Å². The lowest BCUT2D eigenvalue weighted by Gasteiger charge is -2.23. The summed E-state index contributed by atoms with van der Waals surface area (Å²) in [6, 6.07) is 32.0. The van der Waals surface area contributed by atoms with Crippen LogP contribution >= 0.6 is 0 Å². The predicted octanol–water partition coefficient (Wildman–Crippen LogP) is 5.79. The van der Waals surface area contributed by atoms with Gasteiger partial charge in [-0.15, -0.1) is 0 Å². The molecule has 0 spiro atoms. The molecule has 1 heterocycles. The summed E-state index contributed by atoms with van der Waals surface area (Å²) in [4.78, 5) is 14.9. The van der Waals surface area contributed by atoms with Crippen molar-refractivity contribution in [2.75, 3.05) is 0 Å². The minimum atomic E-state index is -0.114. The zero-order valence-electron chi connectivity index (χ0n) is 15.5. The normalized spacial score (nSPS) is 10.6. The van der Waals surface area contributed by atoms with Gasteiger partial charge < -0.3 is 9.32 Å². The zero-order chi connectivity index (χ0) is 19.2. The number of furan rings is 1. The lowest BCUT2D eigenvalue weighted by Crippen LogP contribution is -2.30. The second-order valence-corrected chi connectivity index (χ2v) is 6.65. The highest BCUT2D eigenvalue weighted by atomic mass is 16.3. The van der Waals surface area contributed by atoms with Gasteiger partial charge in [-0.05, 0) is 34.4 Å².